The smallest absolute Gasteiger partial charge is 0.216 e. The molecule has 0 atom stereocenters. The average molecular weight is 344 g/mol. The number of aromatic amines is 1. The molecule has 0 spiro atoms. The van der Waals surface area contributed by atoms with Gasteiger partial charge in [0.1, 0.15) is 5.75 Å². The van der Waals surface area contributed by atoms with Gasteiger partial charge in [0.15, 0.2) is 5.82 Å². The highest BCUT2D eigenvalue weighted by molar-refractivity contribution is 7.71. The van der Waals surface area contributed by atoms with Crippen LogP contribution in [0.2, 0.25) is 0 Å². The van der Waals surface area contributed by atoms with E-state index in [9.17, 15) is 0 Å². The topological polar surface area (TPSA) is 55.2 Å². The van der Waals surface area contributed by atoms with Crippen LogP contribution in [-0.2, 0) is 6.42 Å². The van der Waals surface area contributed by atoms with E-state index in [4.69, 9.17) is 17.0 Å². The van der Waals surface area contributed by atoms with Gasteiger partial charge in [-0.05, 0) is 60.4 Å². The van der Waals surface area contributed by atoms with Gasteiger partial charge in [0.2, 0.25) is 4.77 Å². The summed E-state index contributed by atoms with van der Waals surface area (Å²) < 4.78 is 7.57. The first kappa shape index (κ1) is 15.6. The van der Waals surface area contributed by atoms with Crippen LogP contribution in [0.5, 0.6) is 5.75 Å². The Balaban J connectivity index is 1.79. The van der Waals surface area contributed by atoms with Crippen molar-refractivity contribution in [3.8, 4) is 5.75 Å². The van der Waals surface area contributed by atoms with E-state index in [0.29, 0.717) is 17.8 Å². The molecule has 3 aromatic rings. The Morgan fingerprint density at radius 1 is 1.35 bits per heavy atom. The molecular formula is C16H16N4OS2. The molecule has 0 fully saturated rings. The number of H-pyrrole nitrogens is 1. The number of hydrogen-bond acceptors (Lipinski definition) is 5. The summed E-state index contributed by atoms with van der Waals surface area (Å²) in [5, 5.41) is 13.6. The van der Waals surface area contributed by atoms with Crippen LogP contribution >= 0.6 is 23.6 Å². The van der Waals surface area contributed by atoms with Crippen molar-refractivity contribution >= 4 is 29.8 Å². The minimum absolute atomic E-state index is 0.485. The van der Waals surface area contributed by atoms with Crippen LogP contribution < -0.4 is 4.74 Å². The molecule has 0 radical (unpaired) electrons. The van der Waals surface area contributed by atoms with E-state index in [1.54, 1.807) is 22.2 Å². The second-order valence-electron chi connectivity index (χ2n) is 4.76. The number of rotatable bonds is 6. The fraction of sp³-hybridized carbons (Fsp3) is 0.188. The second-order valence-corrected chi connectivity index (χ2v) is 6.18. The van der Waals surface area contributed by atoms with Crippen LogP contribution in [0, 0.1) is 4.77 Å². The Labute approximate surface area is 143 Å². The lowest BCUT2D eigenvalue weighted by Gasteiger charge is -2.02. The van der Waals surface area contributed by atoms with Gasteiger partial charge in [-0.25, -0.2) is 0 Å². The van der Waals surface area contributed by atoms with Crippen LogP contribution in [0.1, 0.15) is 23.2 Å². The van der Waals surface area contributed by atoms with Crippen molar-refractivity contribution in [1.29, 1.82) is 0 Å². The molecule has 0 amide bonds. The number of aromatic nitrogens is 3. The Kier molecular flexibility index (Phi) is 4.99. The molecule has 0 aliphatic carbocycles. The zero-order valence-electron chi connectivity index (χ0n) is 12.6. The molecule has 2 heterocycles. The van der Waals surface area contributed by atoms with Gasteiger partial charge in [-0.15, -0.1) is 11.3 Å². The maximum atomic E-state index is 5.43. The Morgan fingerprint density at radius 3 is 2.87 bits per heavy atom. The van der Waals surface area contributed by atoms with Gasteiger partial charge >= 0.3 is 0 Å². The Hall–Kier alpha value is -2.25. The largest absolute Gasteiger partial charge is 0.494 e. The minimum atomic E-state index is 0.485. The molecule has 2 aromatic heterocycles. The number of nitrogens with zero attached hydrogens (tertiary/aromatic N) is 3. The molecule has 0 aliphatic rings. The predicted molar refractivity (Wildman–Crippen MR) is 95.1 cm³/mol. The fourth-order valence-electron chi connectivity index (χ4n) is 2.07. The third-order valence-electron chi connectivity index (χ3n) is 3.14. The van der Waals surface area contributed by atoms with Crippen molar-refractivity contribution < 1.29 is 4.74 Å². The molecule has 7 heteroatoms. The molecule has 3 rings (SSSR count). The van der Waals surface area contributed by atoms with Gasteiger partial charge in [0.25, 0.3) is 0 Å². The SMILES string of the molecule is CCOc1ccc(/C=N\n2c(Cc3cccs3)n[nH]c2=S)cc1. The molecule has 0 bridgehead atoms. The van der Waals surface area contributed by atoms with Crippen LogP contribution in [0.4, 0.5) is 0 Å². The van der Waals surface area contributed by atoms with Crippen molar-refractivity contribution in [1.82, 2.24) is 14.9 Å². The van der Waals surface area contributed by atoms with E-state index in [-0.39, 0.29) is 0 Å². The summed E-state index contributed by atoms with van der Waals surface area (Å²) in [6.45, 7) is 2.62. The third kappa shape index (κ3) is 3.94. The molecule has 0 saturated heterocycles. The first-order valence-electron chi connectivity index (χ1n) is 7.22. The normalized spacial score (nSPS) is 11.2. The molecule has 1 N–H and O–H groups in total. The van der Waals surface area contributed by atoms with Crippen LogP contribution in [-0.4, -0.2) is 27.7 Å². The maximum Gasteiger partial charge on any atom is 0.216 e. The van der Waals surface area contributed by atoms with Gasteiger partial charge in [0.05, 0.1) is 12.8 Å². The lowest BCUT2D eigenvalue weighted by atomic mass is 10.2. The molecule has 0 saturated carbocycles. The monoisotopic (exact) mass is 344 g/mol. The fourth-order valence-corrected chi connectivity index (χ4v) is 2.97. The molecule has 0 unspecified atom stereocenters. The zero-order chi connectivity index (χ0) is 16.1. The molecule has 118 valence electrons. The number of hydrogen-bond donors (Lipinski definition) is 1. The second kappa shape index (κ2) is 7.34. The summed E-state index contributed by atoms with van der Waals surface area (Å²) in [6.07, 6.45) is 2.46. The zero-order valence-corrected chi connectivity index (χ0v) is 14.2. The number of ether oxygens (including phenoxy) is 1. The molecular weight excluding hydrogens is 328 g/mol. The van der Waals surface area contributed by atoms with Crippen molar-refractivity contribution in [2.24, 2.45) is 5.10 Å². The van der Waals surface area contributed by atoms with Gasteiger partial charge in [-0.3, -0.25) is 5.10 Å². The molecule has 0 aliphatic heterocycles. The first-order chi connectivity index (χ1) is 11.3. The highest BCUT2D eigenvalue weighted by Crippen LogP contribution is 2.14. The summed E-state index contributed by atoms with van der Waals surface area (Å²) in [7, 11) is 0. The highest BCUT2D eigenvalue weighted by Gasteiger charge is 2.06. The summed E-state index contributed by atoms with van der Waals surface area (Å²) in [6, 6.07) is 11.9. The lowest BCUT2D eigenvalue weighted by Crippen LogP contribution is -1.99. The maximum absolute atomic E-state index is 5.43. The summed E-state index contributed by atoms with van der Waals surface area (Å²) in [5.74, 6) is 1.64. The van der Waals surface area contributed by atoms with E-state index in [1.165, 1.54) is 4.88 Å². The van der Waals surface area contributed by atoms with Crippen molar-refractivity contribution in [2.45, 2.75) is 13.3 Å². The standard InChI is InChI=1S/C16H16N4OS2/c1-2-21-13-7-5-12(6-8-13)11-17-20-15(18-19-16(20)22)10-14-4-3-9-23-14/h3-9,11H,2,10H2,1H3,(H,19,22)/b17-11-. The summed E-state index contributed by atoms with van der Waals surface area (Å²) in [4.78, 5) is 1.22. The Bertz CT molecular complexity index is 832. The van der Waals surface area contributed by atoms with Gasteiger partial charge in [0, 0.05) is 11.3 Å². The van der Waals surface area contributed by atoms with E-state index in [2.05, 4.69) is 21.4 Å². The van der Waals surface area contributed by atoms with Crippen molar-refractivity contribution in [3.63, 3.8) is 0 Å². The number of benzene rings is 1. The van der Waals surface area contributed by atoms with E-state index < -0.39 is 0 Å². The van der Waals surface area contributed by atoms with Crippen molar-refractivity contribution in [2.75, 3.05) is 6.61 Å². The van der Waals surface area contributed by atoms with Gasteiger partial charge in [-0.1, -0.05) is 6.07 Å². The quantitative estimate of drug-likeness (QED) is 0.545. The van der Waals surface area contributed by atoms with Crippen LogP contribution in [0.25, 0.3) is 0 Å². The predicted octanol–water partition coefficient (Wildman–Crippen LogP) is 3.87. The minimum Gasteiger partial charge on any atom is -0.494 e. The lowest BCUT2D eigenvalue weighted by molar-refractivity contribution is 0.340. The average Bonchev–Trinajstić information content (AvgIpc) is 3.18. The highest BCUT2D eigenvalue weighted by atomic mass is 32.1. The Morgan fingerprint density at radius 2 is 2.17 bits per heavy atom. The number of thiophene rings is 1. The number of nitrogens with one attached hydrogen (secondary N) is 1. The van der Waals surface area contributed by atoms with Gasteiger partial charge in [-0.2, -0.15) is 14.9 Å². The van der Waals surface area contributed by atoms with E-state index >= 15 is 0 Å². The van der Waals surface area contributed by atoms with E-state index in [0.717, 1.165) is 17.1 Å². The molecule has 1 aromatic carbocycles. The molecule has 23 heavy (non-hydrogen) atoms. The first-order valence-corrected chi connectivity index (χ1v) is 8.51. The van der Waals surface area contributed by atoms with E-state index in [1.807, 2.05) is 42.6 Å². The van der Waals surface area contributed by atoms with Crippen LogP contribution in [0.15, 0.2) is 46.9 Å². The van der Waals surface area contributed by atoms with Crippen molar-refractivity contribution in [3.05, 3.63) is 62.8 Å². The molecule has 5 nitrogen and oxygen atoms in total. The van der Waals surface area contributed by atoms with Gasteiger partial charge < -0.3 is 4.74 Å². The summed E-state index contributed by atoms with van der Waals surface area (Å²) in [5.41, 5.74) is 0.971. The third-order valence-corrected chi connectivity index (χ3v) is 4.28. The van der Waals surface area contributed by atoms with Crippen LogP contribution in [0.3, 0.4) is 0 Å². The summed E-state index contributed by atoms with van der Waals surface area (Å²) >= 11 is 6.94.